The maximum absolute atomic E-state index is 12.8. The summed E-state index contributed by atoms with van der Waals surface area (Å²) in [6, 6.07) is -0.778. The number of hydrogen-bond donors (Lipinski definition) is 4. The van der Waals surface area contributed by atoms with E-state index in [4.69, 9.17) is 39.2 Å². The van der Waals surface area contributed by atoms with Crippen LogP contribution in [-0.4, -0.2) is 110 Å². The first-order valence-electron chi connectivity index (χ1n) is 22.3. The Morgan fingerprint density at radius 1 is 0.596 bits per heavy atom. The second-order valence-corrected chi connectivity index (χ2v) is 17.9. The monoisotopic (exact) mass is 855 g/mol. The number of carbonyl (C=O) groups is 3. The molecule has 15 heteroatoms. The quantitative estimate of drug-likeness (QED) is 0.0260. The van der Waals surface area contributed by atoms with Gasteiger partial charge in [-0.1, -0.05) is 142 Å². The van der Waals surface area contributed by atoms with Crippen LogP contribution in [-0.2, 0) is 42.6 Å². The van der Waals surface area contributed by atoms with Crippen molar-refractivity contribution in [3.05, 3.63) is 0 Å². The Morgan fingerprint density at radius 2 is 1.02 bits per heavy atom. The fourth-order valence-corrected chi connectivity index (χ4v) is 7.33. The van der Waals surface area contributed by atoms with Gasteiger partial charge in [-0.25, -0.2) is 0 Å². The lowest BCUT2D eigenvalue weighted by Gasteiger charge is -2.19. The lowest BCUT2D eigenvalue weighted by atomic mass is 10.1. The molecule has 5 N–H and O–H groups in total. The van der Waals surface area contributed by atoms with Gasteiger partial charge in [0.1, 0.15) is 12.7 Å². The highest BCUT2D eigenvalue weighted by Gasteiger charge is 2.20. The van der Waals surface area contributed by atoms with Crippen LogP contribution < -0.4 is 11.1 Å². The third kappa shape index (κ3) is 42.7. The Bertz CT molecular complexity index is 992. The smallest absolute Gasteiger partial charge is 0.327 e. The van der Waals surface area contributed by atoms with E-state index in [1.54, 1.807) is 0 Å². The fraction of sp³-hybridized carbons (Fsp3) is 0.929. The first-order valence-corrected chi connectivity index (χ1v) is 25.3. The van der Waals surface area contributed by atoms with Crippen LogP contribution in [0.5, 0.6) is 0 Å². The highest BCUT2D eigenvalue weighted by Crippen LogP contribution is 2.33. The predicted molar refractivity (Wildman–Crippen MR) is 231 cm³/mol. The number of amides is 1. The molecule has 13 nitrogen and oxygen atoms in total. The zero-order chi connectivity index (χ0) is 42.1. The molecule has 0 rings (SSSR count). The zero-order valence-electron chi connectivity index (χ0n) is 35.9. The lowest BCUT2D eigenvalue weighted by molar-refractivity contribution is -0.157. The van der Waals surface area contributed by atoms with Gasteiger partial charge in [0.15, 0.2) is 0 Å². The normalized spacial score (nSPS) is 12.7. The van der Waals surface area contributed by atoms with E-state index in [2.05, 4.69) is 19.2 Å². The number of ether oxygens (including phenoxy) is 5. The van der Waals surface area contributed by atoms with Crippen LogP contribution in [0.15, 0.2) is 0 Å². The molecule has 1 amide bonds. The molecule has 0 aliphatic carbocycles. The molecule has 0 aromatic carbocycles. The van der Waals surface area contributed by atoms with Gasteiger partial charge in [0.05, 0.1) is 51.8 Å². The first-order chi connectivity index (χ1) is 27.6. The molecule has 0 unspecified atom stereocenters. The SMILES string of the molecule is CCCCCCCCCCCCCC(=O)OC[C@H](CSC[C@@H](N)C(=O)NCCOCCOCCOCCP(=O)(O)O)OC(=O)CCCCCCCCCCCCC. The van der Waals surface area contributed by atoms with Crippen molar-refractivity contribution in [3.8, 4) is 0 Å². The summed E-state index contributed by atoms with van der Waals surface area (Å²) >= 11 is 1.38. The van der Waals surface area contributed by atoms with Gasteiger partial charge in [-0.3, -0.25) is 18.9 Å². The molecule has 0 heterocycles. The van der Waals surface area contributed by atoms with E-state index in [1.165, 1.54) is 114 Å². The molecule has 0 spiro atoms. The van der Waals surface area contributed by atoms with Crippen molar-refractivity contribution in [3.63, 3.8) is 0 Å². The highest BCUT2D eigenvalue weighted by molar-refractivity contribution is 7.99. The van der Waals surface area contributed by atoms with E-state index in [1.807, 2.05) is 0 Å². The zero-order valence-corrected chi connectivity index (χ0v) is 37.6. The number of nitrogens with two attached hydrogens (primary N) is 1. The van der Waals surface area contributed by atoms with Crippen LogP contribution in [0.3, 0.4) is 0 Å². The summed E-state index contributed by atoms with van der Waals surface area (Å²) in [5.41, 5.74) is 6.12. The van der Waals surface area contributed by atoms with E-state index < -0.39 is 19.7 Å². The first kappa shape index (κ1) is 55.8. The molecular formula is C42H83N2O11PS. The Hall–Kier alpha value is -1.25. The molecule has 0 aliphatic heterocycles. The van der Waals surface area contributed by atoms with Gasteiger partial charge in [0.25, 0.3) is 0 Å². The van der Waals surface area contributed by atoms with Crippen LogP contribution in [0, 0.1) is 0 Å². The Kier molecular flexibility index (Phi) is 40.6. The van der Waals surface area contributed by atoms with Gasteiger partial charge >= 0.3 is 19.5 Å². The van der Waals surface area contributed by atoms with Crippen molar-refractivity contribution in [2.24, 2.45) is 5.73 Å². The van der Waals surface area contributed by atoms with Gasteiger partial charge < -0.3 is 44.5 Å². The van der Waals surface area contributed by atoms with Crippen LogP contribution in [0.4, 0.5) is 0 Å². The van der Waals surface area contributed by atoms with E-state index in [9.17, 15) is 18.9 Å². The molecule has 57 heavy (non-hydrogen) atoms. The summed E-state index contributed by atoms with van der Waals surface area (Å²) in [6.07, 6.45) is 26.2. The number of nitrogens with one attached hydrogen (secondary N) is 1. The van der Waals surface area contributed by atoms with Crippen molar-refractivity contribution >= 4 is 37.2 Å². The second kappa shape index (κ2) is 41.5. The Morgan fingerprint density at radius 3 is 1.49 bits per heavy atom. The summed E-state index contributed by atoms with van der Waals surface area (Å²) in [5.74, 6) is -0.239. The minimum Gasteiger partial charge on any atom is -0.462 e. The van der Waals surface area contributed by atoms with E-state index >= 15 is 0 Å². The van der Waals surface area contributed by atoms with Crippen LogP contribution in [0.25, 0.3) is 0 Å². The average molecular weight is 855 g/mol. The molecule has 0 saturated carbocycles. The van der Waals surface area contributed by atoms with E-state index in [0.717, 1.165) is 38.5 Å². The number of rotatable bonds is 44. The number of hydrogen-bond acceptors (Lipinski definition) is 11. The average Bonchev–Trinajstić information content (AvgIpc) is 3.17. The molecule has 0 bridgehead atoms. The molecule has 0 aromatic heterocycles. The minimum atomic E-state index is -4.05. The maximum atomic E-state index is 12.8. The Labute approximate surface area is 350 Å². The number of carbonyl (C=O) groups excluding carboxylic acids is 3. The van der Waals surface area contributed by atoms with Gasteiger partial charge in [0.2, 0.25) is 5.91 Å². The van der Waals surface area contributed by atoms with Crippen LogP contribution in [0.2, 0.25) is 0 Å². The molecule has 0 aliphatic rings. The molecular weight excluding hydrogens is 772 g/mol. The molecule has 2 atom stereocenters. The third-order valence-electron chi connectivity index (χ3n) is 9.45. The topological polar surface area (TPSA) is 193 Å². The molecule has 0 fully saturated rings. The van der Waals surface area contributed by atoms with E-state index in [-0.39, 0.29) is 63.6 Å². The van der Waals surface area contributed by atoms with Crippen molar-refractivity contribution in [2.45, 2.75) is 180 Å². The number of unbranched alkanes of at least 4 members (excludes halogenated alkanes) is 20. The van der Waals surface area contributed by atoms with Crippen molar-refractivity contribution in [1.82, 2.24) is 5.32 Å². The van der Waals surface area contributed by atoms with Crippen LogP contribution >= 0.6 is 19.4 Å². The minimum absolute atomic E-state index is 0.0139. The standard InChI is InChI=1S/C42H83N2O11PS/c1-3-5-7-9-11-13-15-17-19-21-23-25-40(45)54-35-38(55-41(46)26-24-22-20-18-16-14-12-10-8-6-4-2)36-57-37-39(43)42(47)44-27-28-51-29-30-52-31-32-53-33-34-56(48,49)50/h38-39H,3-37,43H2,1-2H3,(H,44,47)(H2,48,49,50)/t38-,39-/m1/s1. The molecule has 0 aromatic rings. The summed E-state index contributed by atoms with van der Waals surface area (Å²) < 4.78 is 38.0. The van der Waals surface area contributed by atoms with Gasteiger partial charge in [-0.2, -0.15) is 11.8 Å². The number of esters is 2. The summed E-state index contributed by atoms with van der Waals surface area (Å²) in [4.78, 5) is 55.4. The molecule has 338 valence electrons. The predicted octanol–water partition coefficient (Wildman–Crippen LogP) is 8.25. The largest absolute Gasteiger partial charge is 0.462 e. The van der Waals surface area contributed by atoms with Crippen molar-refractivity contribution < 1.29 is 52.4 Å². The lowest BCUT2D eigenvalue weighted by Crippen LogP contribution is -2.43. The number of thioether (sulfide) groups is 1. The van der Waals surface area contributed by atoms with Gasteiger partial charge in [-0.05, 0) is 12.8 Å². The molecule has 0 radical (unpaired) electrons. The van der Waals surface area contributed by atoms with Crippen molar-refractivity contribution in [1.29, 1.82) is 0 Å². The van der Waals surface area contributed by atoms with Crippen LogP contribution in [0.1, 0.15) is 168 Å². The third-order valence-corrected chi connectivity index (χ3v) is 11.4. The van der Waals surface area contributed by atoms with E-state index in [0.29, 0.717) is 37.6 Å². The summed E-state index contributed by atoms with van der Waals surface area (Å²) in [5, 5.41) is 2.75. The summed E-state index contributed by atoms with van der Waals surface area (Å²) in [6.45, 7) is 6.09. The second-order valence-electron chi connectivity index (χ2n) is 15.0. The van der Waals surface area contributed by atoms with Crippen molar-refractivity contribution in [2.75, 3.05) is 70.5 Å². The fourth-order valence-electron chi connectivity index (χ4n) is 5.99. The Balaban J connectivity index is 4.40. The summed E-state index contributed by atoms with van der Waals surface area (Å²) in [7, 11) is -4.05. The molecule has 0 saturated heterocycles. The maximum Gasteiger partial charge on any atom is 0.327 e. The highest BCUT2D eigenvalue weighted by atomic mass is 32.2. The van der Waals surface area contributed by atoms with Gasteiger partial charge in [-0.15, -0.1) is 0 Å². The van der Waals surface area contributed by atoms with Gasteiger partial charge in [0, 0.05) is 30.9 Å².